The van der Waals surface area contributed by atoms with E-state index in [4.69, 9.17) is 10.9 Å². The van der Waals surface area contributed by atoms with Crippen LogP contribution in [0.3, 0.4) is 0 Å². The number of rotatable bonds is 5. The number of nitrogens with two attached hydrogens (primary N) is 1. The van der Waals surface area contributed by atoms with Crippen molar-refractivity contribution in [2.24, 2.45) is 16.8 Å². The van der Waals surface area contributed by atoms with Crippen molar-refractivity contribution < 1.29 is 10.0 Å². The molecule has 1 heterocycles. The number of oxime groups is 1. The van der Waals surface area contributed by atoms with Gasteiger partial charge in [-0.05, 0) is 18.6 Å². The lowest BCUT2D eigenvalue weighted by molar-refractivity contribution is -0.124. The molecule has 0 spiro atoms. The summed E-state index contributed by atoms with van der Waals surface area (Å²) in [5, 5.41) is 14.0. The largest absolute Gasteiger partial charge is 0.409 e. The molecule has 6 heteroatoms. The van der Waals surface area contributed by atoms with Crippen LogP contribution in [-0.2, 0) is 4.79 Å². The van der Waals surface area contributed by atoms with Gasteiger partial charge in [-0.15, -0.1) is 0 Å². The molecule has 1 atom stereocenters. The Morgan fingerprint density at radius 2 is 2.47 bits per heavy atom. The van der Waals surface area contributed by atoms with Gasteiger partial charge in [0.15, 0.2) is 0 Å². The molecular formula is C9H17N3O2S. The molecule has 5 nitrogen and oxygen atoms in total. The summed E-state index contributed by atoms with van der Waals surface area (Å²) in [5.74, 6) is 2.55. The highest BCUT2D eigenvalue weighted by Gasteiger charge is 2.22. The molecule has 1 fully saturated rings. The minimum Gasteiger partial charge on any atom is -0.409 e. The number of amidine groups is 1. The zero-order valence-electron chi connectivity index (χ0n) is 8.61. The smallest absolute Gasteiger partial charge is 0.223 e. The maximum absolute atomic E-state index is 11.5. The van der Waals surface area contributed by atoms with Crippen LogP contribution in [0.2, 0.25) is 0 Å². The zero-order valence-corrected chi connectivity index (χ0v) is 9.42. The van der Waals surface area contributed by atoms with Gasteiger partial charge in [-0.3, -0.25) is 4.79 Å². The molecule has 0 aromatic heterocycles. The second kappa shape index (κ2) is 6.55. The highest BCUT2D eigenvalue weighted by Crippen LogP contribution is 2.23. The summed E-state index contributed by atoms with van der Waals surface area (Å²) in [6, 6.07) is 0. The van der Waals surface area contributed by atoms with Crippen LogP contribution in [0.4, 0.5) is 0 Å². The van der Waals surface area contributed by atoms with E-state index in [0.29, 0.717) is 19.4 Å². The van der Waals surface area contributed by atoms with E-state index in [-0.39, 0.29) is 17.7 Å². The highest BCUT2D eigenvalue weighted by molar-refractivity contribution is 7.99. The monoisotopic (exact) mass is 231 g/mol. The third-order valence-corrected chi connectivity index (χ3v) is 3.50. The van der Waals surface area contributed by atoms with Crippen LogP contribution < -0.4 is 11.1 Å². The normalized spacial score (nSPS) is 21.6. The molecule has 1 aliphatic heterocycles. The highest BCUT2D eigenvalue weighted by atomic mass is 32.2. The van der Waals surface area contributed by atoms with Gasteiger partial charge < -0.3 is 16.3 Å². The maximum Gasteiger partial charge on any atom is 0.223 e. The lowest BCUT2D eigenvalue weighted by atomic mass is 10.1. The van der Waals surface area contributed by atoms with Crippen LogP contribution in [0.1, 0.15) is 19.3 Å². The van der Waals surface area contributed by atoms with Gasteiger partial charge in [-0.2, -0.15) is 11.8 Å². The van der Waals surface area contributed by atoms with E-state index >= 15 is 0 Å². The number of nitrogens with zero attached hydrogens (tertiary/aromatic N) is 1. The van der Waals surface area contributed by atoms with E-state index in [9.17, 15) is 4.79 Å². The lowest BCUT2D eigenvalue weighted by Crippen LogP contribution is -2.31. The Morgan fingerprint density at radius 1 is 1.67 bits per heavy atom. The quantitative estimate of drug-likeness (QED) is 0.210. The van der Waals surface area contributed by atoms with E-state index < -0.39 is 0 Å². The number of nitrogens with one attached hydrogen (secondary N) is 1. The van der Waals surface area contributed by atoms with Crippen LogP contribution in [0.15, 0.2) is 5.16 Å². The summed E-state index contributed by atoms with van der Waals surface area (Å²) >= 11 is 1.83. The second-order valence-electron chi connectivity index (χ2n) is 3.55. The number of thioether (sulfide) groups is 1. The number of amides is 1. The molecule has 1 amide bonds. The summed E-state index contributed by atoms with van der Waals surface area (Å²) in [7, 11) is 0. The summed E-state index contributed by atoms with van der Waals surface area (Å²) in [6.07, 6.45) is 2.20. The van der Waals surface area contributed by atoms with Gasteiger partial charge in [-0.1, -0.05) is 5.16 Å². The molecular weight excluding hydrogens is 214 g/mol. The molecule has 1 rings (SSSR count). The Hall–Kier alpha value is -0.910. The molecule has 4 N–H and O–H groups in total. The van der Waals surface area contributed by atoms with E-state index in [0.717, 1.165) is 17.9 Å². The van der Waals surface area contributed by atoms with Crippen molar-refractivity contribution >= 4 is 23.5 Å². The zero-order chi connectivity index (χ0) is 11.1. The molecule has 0 radical (unpaired) electrons. The van der Waals surface area contributed by atoms with Gasteiger partial charge in [0.05, 0.1) is 0 Å². The molecule has 1 aliphatic rings. The van der Waals surface area contributed by atoms with Crippen LogP contribution in [-0.4, -0.2) is 35.0 Å². The average molecular weight is 231 g/mol. The van der Waals surface area contributed by atoms with Crippen molar-refractivity contribution in [2.45, 2.75) is 19.3 Å². The van der Waals surface area contributed by atoms with E-state index in [1.165, 1.54) is 0 Å². The van der Waals surface area contributed by atoms with E-state index in [1.54, 1.807) is 0 Å². The van der Waals surface area contributed by atoms with E-state index in [1.807, 2.05) is 11.8 Å². The molecule has 0 bridgehead atoms. The number of carbonyl (C=O) groups excluding carboxylic acids is 1. The Morgan fingerprint density at radius 3 is 3.07 bits per heavy atom. The lowest BCUT2D eigenvalue weighted by Gasteiger charge is -2.09. The van der Waals surface area contributed by atoms with Crippen molar-refractivity contribution in [3.63, 3.8) is 0 Å². The Bertz CT molecular complexity index is 240. The van der Waals surface area contributed by atoms with Crippen molar-refractivity contribution in [3.05, 3.63) is 0 Å². The molecule has 1 saturated heterocycles. The number of hydrogen-bond donors (Lipinski definition) is 3. The third kappa shape index (κ3) is 4.42. The number of carbonyl (C=O) groups is 1. The predicted octanol–water partition coefficient (Wildman–Crippen LogP) is 0.382. The Balaban J connectivity index is 2.06. The first-order valence-electron chi connectivity index (χ1n) is 5.06. The van der Waals surface area contributed by atoms with Gasteiger partial charge in [-0.25, -0.2) is 0 Å². The van der Waals surface area contributed by atoms with Crippen LogP contribution in [0.25, 0.3) is 0 Å². The fourth-order valence-corrected chi connectivity index (χ4v) is 2.64. The molecule has 86 valence electrons. The maximum atomic E-state index is 11.5. The number of hydrogen-bond acceptors (Lipinski definition) is 4. The minimum absolute atomic E-state index is 0.138. The first kappa shape index (κ1) is 12.2. The Labute approximate surface area is 93.5 Å². The van der Waals surface area contributed by atoms with Gasteiger partial charge >= 0.3 is 0 Å². The molecule has 0 aliphatic carbocycles. The molecule has 0 saturated carbocycles. The fourth-order valence-electron chi connectivity index (χ4n) is 1.42. The van der Waals surface area contributed by atoms with Gasteiger partial charge in [0.25, 0.3) is 0 Å². The van der Waals surface area contributed by atoms with Gasteiger partial charge in [0.2, 0.25) is 5.91 Å². The molecule has 0 aromatic carbocycles. The summed E-state index contributed by atoms with van der Waals surface area (Å²) < 4.78 is 0. The predicted molar refractivity (Wildman–Crippen MR) is 61.1 cm³/mol. The molecule has 1 unspecified atom stereocenters. The van der Waals surface area contributed by atoms with Crippen LogP contribution in [0, 0.1) is 5.92 Å². The van der Waals surface area contributed by atoms with Gasteiger partial charge in [0.1, 0.15) is 5.84 Å². The molecule has 15 heavy (non-hydrogen) atoms. The van der Waals surface area contributed by atoms with Gasteiger partial charge in [0, 0.05) is 24.6 Å². The minimum atomic E-state index is 0.138. The van der Waals surface area contributed by atoms with E-state index in [2.05, 4.69) is 10.5 Å². The standard InChI is InChI=1S/C9H17N3O2S/c10-8(12-14)2-1-4-11-9(13)7-3-5-15-6-7/h7,14H,1-6H2,(H2,10,12)(H,11,13). The SMILES string of the molecule is NC(CCCNC(=O)C1CCSC1)=NO. The summed E-state index contributed by atoms with van der Waals surface area (Å²) in [6.45, 7) is 0.593. The summed E-state index contributed by atoms with van der Waals surface area (Å²) in [5.41, 5.74) is 5.30. The third-order valence-electron chi connectivity index (χ3n) is 2.34. The fraction of sp³-hybridized carbons (Fsp3) is 0.778. The second-order valence-corrected chi connectivity index (χ2v) is 4.70. The Kier molecular flexibility index (Phi) is 5.31. The topological polar surface area (TPSA) is 87.7 Å². The van der Waals surface area contributed by atoms with Crippen LogP contribution >= 0.6 is 11.8 Å². The average Bonchev–Trinajstić information content (AvgIpc) is 2.77. The first-order chi connectivity index (χ1) is 7.24. The van der Waals surface area contributed by atoms with Crippen molar-refractivity contribution in [2.75, 3.05) is 18.1 Å². The van der Waals surface area contributed by atoms with Crippen molar-refractivity contribution in [3.8, 4) is 0 Å². The summed E-state index contributed by atoms with van der Waals surface area (Å²) in [4.78, 5) is 11.5. The first-order valence-corrected chi connectivity index (χ1v) is 6.21. The molecule has 0 aromatic rings. The van der Waals surface area contributed by atoms with Crippen molar-refractivity contribution in [1.29, 1.82) is 0 Å². The van der Waals surface area contributed by atoms with Crippen LogP contribution in [0.5, 0.6) is 0 Å². The van der Waals surface area contributed by atoms with Crippen molar-refractivity contribution in [1.82, 2.24) is 5.32 Å².